The van der Waals surface area contributed by atoms with E-state index in [0.29, 0.717) is 38.7 Å². The highest BCUT2D eigenvalue weighted by Crippen LogP contribution is 2.30. The Morgan fingerprint density at radius 2 is 1.93 bits per heavy atom. The van der Waals surface area contributed by atoms with Gasteiger partial charge in [0.25, 0.3) is 0 Å². The third kappa shape index (κ3) is 3.83. The van der Waals surface area contributed by atoms with Gasteiger partial charge in [0, 0.05) is 27.6 Å². The summed E-state index contributed by atoms with van der Waals surface area (Å²) >= 11 is 6.02. The van der Waals surface area contributed by atoms with E-state index in [1.165, 1.54) is 14.2 Å². The minimum atomic E-state index is -1.15. The number of carbonyl (C=O) groups excluding carboxylic acids is 1. The predicted octanol–water partition coefficient (Wildman–Crippen LogP) is 3.72. The molecule has 0 bridgehead atoms. The maximum Gasteiger partial charge on any atom is 0.352 e. The molecule has 0 saturated carbocycles. The summed E-state index contributed by atoms with van der Waals surface area (Å²) < 4.78 is 10.4. The Hall–Kier alpha value is -3.19. The molecule has 1 aromatic heterocycles. The van der Waals surface area contributed by atoms with E-state index >= 15 is 0 Å². The molecule has 0 saturated heterocycles. The number of nitrogens with one attached hydrogen (secondary N) is 2. The van der Waals surface area contributed by atoms with Crippen LogP contribution >= 0.6 is 11.6 Å². The molecule has 0 aliphatic carbocycles. The van der Waals surface area contributed by atoms with Gasteiger partial charge in [-0.3, -0.25) is 4.79 Å². The summed E-state index contributed by atoms with van der Waals surface area (Å²) in [6, 6.07) is 9.95. The summed E-state index contributed by atoms with van der Waals surface area (Å²) in [6.07, 6.45) is -0.142. The summed E-state index contributed by atoms with van der Waals surface area (Å²) in [5, 5.41) is 13.2. The third-order valence-corrected chi connectivity index (χ3v) is 4.34. The number of rotatable bonds is 6. The van der Waals surface area contributed by atoms with Crippen LogP contribution in [0.5, 0.6) is 11.5 Å². The van der Waals surface area contributed by atoms with Crippen LogP contribution in [0.4, 0.5) is 5.69 Å². The van der Waals surface area contributed by atoms with Crippen LogP contribution < -0.4 is 14.8 Å². The Labute approximate surface area is 159 Å². The molecule has 0 fully saturated rings. The molecular weight excluding hydrogens is 372 g/mol. The highest BCUT2D eigenvalue weighted by Gasteiger charge is 2.20. The van der Waals surface area contributed by atoms with Crippen LogP contribution in [0.25, 0.3) is 10.9 Å². The number of carboxylic acids is 1. The molecule has 2 aromatic carbocycles. The van der Waals surface area contributed by atoms with Crippen molar-refractivity contribution >= 4 is 40.1 Å². The average molecular weight is 389 g/mol. The molecule has 0 aliphatic heterocycles. The number of benzene rings is 2. The lowest BCUT2D eigenvalue weighted by molar-refractivity contribution is -0.115. The topological polar surface area (TPSA) is 101 Å². The zero-order valence-electron chi connectivity index (χ0n) is 14.6. The zero-order chi connectivity index (χ0) is 19.6. The third-order valence-electron chi connectivity index (χ3n) is 4.10. The first-order valence-electron chi connectivity index (χ1n) is 7.98. The van der Waals surface area contributed by atoms with Crippen LogP contribution in [0.1, 0.15) is 16.1 Å². The zero-order valence-corrected chi connectivity index (χ0v) is 15.4. The van der Waals surface area contributed by atoms with E-state index in [1.54, 1.807) is 36.4 Å². The Kier molecular flexibility index (Phi) is 5.23. The normalized spacial score (nSPS) is 10.6. The molecule has 3 aromatic rings. The van der Waals surface area contributed by atoms with Gasteiger partial charge >= 0.3 is 5.97 Å². The first kappa shape index (κ1) is 18.6. The van der Waals surface area contributed by atoms with Gasteiger partial charge < -0.3 is 24.9 Å². The monoisotopic (exact) mass is 388 g/mol. The number of anilines is 1. The van der Waals surface area contributed by atoms with Gasteiger partial charge in [0.1, 0.15) is 17.2 Å². The summed E-state index contributed by atoms with van der Waals surface area (Å²) in [6.45, 7) is 0. The summed E-state index contributed by atoms with van der Waals surface area (Å²) in [4.78, 5) is 26.9. The first-order valence-corrected chi connectivity index (χ1v) is 8.36. The number of ether oxygens (including phenoxy) is 2. The first-order chi connectivity index (χ1) is 12.9. The van der Waals surface area contributed by atoms with Crippen molar-refractivity contribution in [2.24, 2.45) is 0 Å². The van der Waals surface area contributed by atoms with E-state index in [1.807, 2.05) is 0 Å². The Morgan fingerprint density at radius 3 is 2.59 bits per heavy atom. The van der Waals surface area contributed by atoms with Crippen LogP contribution in [0.2, 0.25) is 5.02 Å². The van der Waals surface area contributed by atoms with E-state index < -0.39 is 5.97 Å². The van der Waals surface area contributed by atoms with Crippen molar-refractivity contribution in [3.8, 4) is 11.5 Å². The number of carboxylic acid groups (broad SMARTS) is 1. The SMILES string of the molecule is COc1ccc(NC(=O)Cc2c(C(=O)O)[nH]c3ccc(Cl)cc23)c(OC)c1. The lowest BCUT2D eigenvalue weighted by Gasteiger charge is -2.11. The van der Waals surface area contributed by atoms with Crippen molar-refractivity contribution in [3.63, 3.8) is 0 Å². The van der Waals surface area contributed by atoms with Crippen LogP contribution in [-0.4, -0.2) is 36.2 Å². The number of hydrogen-bond acceptors (Lipinski definition) is 4. The lowest BCUT2D eigenvalue weighted by atomic mass is 10.1. The molecule has 3 rings (SSSR count). The summed E-state index contributed by atoms with van der Waals surface area (Å²) in [5.41, 5.74) is 1.38. The number of amides is 1. The van der Waals surface area contributed by atoms with Crippen LogP contribution in [0, 0.1) is 0 Å². The number of aromatic nitrogens is 1. The summed E-state index contributed by atoms with van der Waals surface area (Å²) in [7, 11) is 3.01. The van der Waals surface area contributed by atoms with E-state index in [-0.39, 0.29) is 18.0 Å². The predicted molar refractivity (Wildman–Crippen MR) is 102 cm³/mol. The number of fused-ring (bicyclic) bond motifs is 1. The van der Waals surface area contributed by atoms with Gasteiger partial charge in [0.05, 0.1) is 26.3 Å². The van der Waals surface area contributed by atoms with Gasteiger partial charge in [0.2, 0.25) is 5.91 Å². The van der Waals surface area contributed by atoms with E-state index in [2.05, 4.69) is 10.3 Å². The quantitative estimate of drug-likeness (QED) is 0.597. The van der Waals surface area contributed by atoms with Crippen molar-refractivity contribution in [2.75, 3.05) is 19.5 Å². The Morgan fingerprint density at radius 1 is 1.15 bits per heavy atom. The molecule has 0 atom stereocenters. The second-order valence-electron chi connectivity index (χ2n) is 5.76. The van der Waals surface area contributed by atoms with Crippen LogP contribution in [0.3, 0.4) is 0 Å². The molecule has 3 N–H and O–H groups in total. The van der Waals surface area contributed by atoms with Crippen LogP contribution in [-0.2, 0) is 11.2 Å². The minimum Gasteiger partial charge on any atom is -0.497 e. The Bertz CT molecular complexity index is 1030. The molecule has 140 valence electrons. The van der Waals surface area contributed by atoms with Gasteiger partial charge in [-0.2, -0.15) is 0 Å². The average Bonchev–Trinajstić information content (AvgIpc) is 3.00. The standard InChI is InChI=1S/C19H17ClN2O5/c1-26-11-4-6-15(16(8-11)27-2)21-17(23)9-13-12-7-10(20)3-5-14(12)22-18(13)19(24)25/h3-8,22H,9H2,1-2H3,(H,21,23)(H,24,25). The lowest BCUT2D eigenvalue weighted by Crippen LogP contribution is -2.16. The highest BCUT2D eigenvalue weighted by atomic mass is 35.5. The van der Waals surface area contributed by atoms with Crippen molar-refractivity contribution < 1.29 is 24.2 Å². The van der Waals surface area contributed by atoms with Gasteiger partial charge in [-0.25, -0.2) is 4.79 Å². The molecule has 0 spiro atoms. The van der Waals surface area contributed by atoms with Crippen LogP contribution in [0.15, 0.2) is 36.4 Å². The van der Waals surface area contributed by atoms with Crippen molar-refractivity contribution in [1.82, 2.24) is 4.98 Å². The van der Waals surface area contributed by atoms with Gasteiger partial charge in [-0.05, 0) is 30.3 Å². The molecule has 0 radical (unpaired) electrons. The van der Waals surface area contributed by atoms with E-state index in [4.69, 9.17) is 21.1 Å². The molecular formula is C19H17ClN2O5. The molecule has 0 aliphatic rings. The fourth-order valence-corrected chi connectivity index (χ4v) is 3.01. The second kappa shape index (κ2) is 7.59. The second-order valence-corrected chi connectivity index (χ2v) is 6.20. The molecule has 8 heteroatoms. The van der Waals surface area contributed by atoms with Gasteiger partial charge in [0.15, 0.2) is 0 Å². The fraction of sp³-hybridized carbons (Fsp3) is 0.158. The van der Waals surface area contributed by atoms with Crippen molar-refractivity contribution in [1.29, 1.82) is 0 Å². The largest absolute Gasteiger partial charge is 0.497 e. The van der Waals surface area contributed by atoms with Gasteiger partial charge in [-0.15, -0.1) is 0 Å². The molecule has 27 heavy (non-hydrogen) atoms. The maximum absolute atomic E-state index is 12.6. The number of aromatic amines is 1. The fourth-order valence-electron chi connectivity index (χ4n) is 2.84. The number of methoxy groups -OCH3 is 2. The maximum atomic E-state index is 12.6. The molecule has 1 heterocycles. The van der Waals surface area contributed by atoms with Gasteiger partial charge in [-0.1, -0.05) is 11.6 Å². The van der Waals surface area contributed by atoms with Crippen molar-refractivity contribution in [3.05, 3.63) is 52.7 Å². The number of hydrogen-bond donors (Lipinski definition) is 3. The number of aromatic carboxylic acids is 1. The molecule has 1 amide bonds. The number of carbonyl (C=O) groups is 2. The van der Waals surface area contributed by atoms with E-state index in [0.717, 1.165) is 0 Å². The molecule has 7 nitrogen and oxygen atoms in total. The summed E-state index contributed by atoms with van der Waals surface area (Å²) in [5.74, 6) is -0.513. The highest BCUT2D eigenvalue weighted by molar-refractivity contribution is 6.31. The van der Waals surface area contributed by atoms with Crippen molar-refractivity contribution in [2.45, 2.75) is 6.42 Å². The number of halogens is 1. The molecule has 0 unspecified atom stereocenters. The Balaban J connectivity index is 1.91. The van der Waals surface area contributed by atoms with E-state index in [9.17, 15) is 14.7 Å². The minimum absolute atomic E-state index is 0.0379. The number of H-pyrrole nitrogens is 1. The smallest absolute Gasteiger partial charge is 0.352 e.